The van der Waals surface area contributed by atoms with Crippen molar-refractivity contribution in [3.63, 3.8) is 0 Å². The summed E-state index contributed by atoms with van der Waals surface area (Å²) < 4.78 is 33.0. The third-order valence-electron chi connectivity index (χ3n) is 4.45. The lowest BCUT2D eigenvalue weighted by Crippen LogP contribution is -2.35. The minimum Gasteiger partial charge on any atom is -0.379 e. The van der Waals surface area contributed by atoms with Crippen molar-refractivity contribution < 1.29 is 17.9 Å². The molecule has 1 fully saturated rings. The van der Waals surface area contributed by atoms with Gasteiger partial charge in [-0.05, 0) is 35.4 Å². The smallest absolute Gasteiger partial charge is 0.240 e. The second kappa shape index (κ2) is 9.29. The Morgan fingerprint density at radius 3 is 2.43 bits per heavy atom. The largest absolute Gasteiger partial charge is 0.379 e. The van der Waals surface area contributed by atoms with E-state index in [-0.39, 0.29) is 17.3 Å². The van der Waals surface area contributed by atoms with Crippen LogP contribution in [0.2, 0.25) is 0 Å². The third kappa shape index (κ3) is 5.87. The number of benzene rings is 2. The molecule has 7 nitrogen and oxygen atoms in total. The van der Waals surface area contributed by atoms with E-state index < -0.39 is 10.0 Å². The summed E-state index contributed by atoms with van der Waals surface area (Å²) in [7, 11) is -3.63. The number of rotatable bonds is 7. The number of amides is 1. The summed E-state index contributed by atoms with van der Waals surface area (Å²) in [5, 5.41) is 2.61. The first kappa shape index (κ1) is 20.5. The summed E-state index contributed by atoms with van der Waals surface area (Å²) in [6.45, 7) is 5.76. The molecule has 1 aliphatic rings. The zero-order chi connectivity index (χ0) is 20.0. The normalized spacial score (nSPS) is 15.3. The number of nitrogens with zero attached hydrogens (tertiary/aromatic N) is 1. The summed E-state index contributed by atoms with van der Waals surface area (Å²) in [4.78, 5) is 13.5. The topological polar surface area (TPSA) is 87.7 Å². The van der Waals surface area contributed by atoms with Crippen LogP contribution in [0.1, 0.15) is 18.1 Å². The van der Waals surface area contributed by atoms with Crippen molar-refractivity contribution in [1.29, 1.82) is 0 Å². The molecule has 0 spiro atoms. The van der Waals surface area contributed by atoms with Crippen molar-refractivity contribution >= 4 is 21.6 Å². The van der Waals surface area contributed by atoms with E-state index in [1.165, 1.54) is 19.1 Å². The highest BCUT2D eigenvalue weighted by Crippen LogP contribution is 2.15. The van der Waals surface area contributed by atoms with Crippen LogP contribution in [0, 0.1) is 0 Å². The number of sulfonamides is 1. The second-order valence-electron chi connectivity index (χ2n) is 6.74. The van der Waals surface area contributed by atoms with Gasteiger partial charge in [-0.2, -0.15) is 0 Å². The van der Waals surface area contributed by atoms with Gasteiger partial charge in [0.2, 0.25) is 15.9 Å². The molecule has 0 unspecified atom stereocenters. The first-order chi connectivity index (χ1) is 13.4. The van der Waals surface area contributed by atoms with Crippen LogP contribution in [-0.4, -0.2) is 45.5 Å². The second-order valence-corrected chi connectivity index (χ2v) is 8.51. The van der Waals surface area contributed by atoms with Gasteiger partial charge < -0.3 is 10.1 Å². The number of ether oxygens (including phenoxy) is 1. The fourth-order valence-electron chi connectivity index (χ4n) is 3.04. The number of morpholine rings is 1. The SMILES string of the molecule is CC(=O)Nc1ccc(S(=O)(=O)NCc2cccc(CN3CCOCC3)c2)cc1. The molecule has 2 aromatic rings. The minimum absolute atomic E-state index is 0.158. The summed E-state index contributed by atoms with van der Waals surface area (Å²) >= 11 is 0. The van der Waals surface area contributed by atoms with E-state index in [4.69, 9.17) is 4.74 Å². The zero-order valence-corrected chi connectivity index (χ0v) is 16.7. The molecule has 1 aliphatic heterocycles. The van der Waals surface area contributed by atoms with E-state index in [2.05, 4.69) is 14.9 Å². The molecule has 0 bridgehead atoms. The van der Waals surface area contributed by atoms with Gasteiger partial charge in [-0.3, -0.25) is 9.69 Å². The number of carbonyl (C=O) groups is 1. The maximum absolute atomic E-state index is 12.5. The van der Waals surface area contributed by atoms with Gasteiger partial charge in [0, 0.05) is 38.8 Å². The van der Waals surface area contributed by atoms with E-state index in [0.29, 0.717) is 5.69 Å². The predicted octanol–water partition coefficient (Wildman–Crippen LogP) is 1.96. The summed E-state index contributed by atoms with van der Waals surface area (Å²) in [5.41, 5.74) is 2.62. The Morgan fingerprint density at radius 1 is 1.07 bits per heavy atom. The van der Waals surface area contributed by atoms with Gasteiger partial charge in [0.15, 0.2) is 0 Å². The van der Waals surface area contributed by atoms with Gasteiger partial charge in [0.1, 0.15) is 0 Å². The van der Waals surface area contributed by atoms with E-state index in [1.54, 1.807) is 12.1 Å². The van der Waals surface area contributed by atoms with Gasteiger partial charge in [-0.25, -0.2) is 13.1 Å². The summed E-state index contributed by atoms with van der Waals surface area (Å²) in [6.07, 6.45) is 0. The third-order valence-corrected chi connectivity index (χ3v) is 5.87. The number of hydrogen-bond acceptors (Lipinski definition) is 5. The highest BCUT2D eigenvalue weighted by atomic mass is 32.2. The van der Waals surface area contributed by atoms with Crippen LogP contribution in [-0.2, 0) is 32.6 Å². The maximum atomic E-state index is 12.5. The number of hydrogen-bond donors (Lipinski definition) is 2. The molecule has 0 atom stereocenters. The zero-order valence-electron chi connectivity index (χ0n) is 15.8. The molecule has 0 radical (unpaired) electrons. The maximum Gasteiger partial charge on any atom is 0.240 e. The van der Waals surface area contributed by atoms with E-state index in [1.807, 2.05) is 24.3 Å². The average Bonchev–Trinajstić information content (AvgIpc) is 2.68. The first-order valence-corrected chi connectivity index (χ1v) is 10.7. The quantitative estimate of drug-likeness (QED) is 0.738. The fraction of sp³-hybridized carbons (Fsp3) is 0.350. The molecule has 0 saturated carbocycles. The monoisotopic (exact) mass is 403 g/mol. The van der Waals surface area contributed by atoms with E-state index in [9.17, 15) is 13.2 Å². The van der Waals surface area contributed by atoms with Gasteiger partial charge in [0.25, 0.3) is 0 Å². The lowest BCUT2D eigenvalue weighted by Gasteiger charge is -2.26. The molecule has 2 aromatic carbocycles. The molecule has 1 amide bonds. The first-order valence-electron chi connectivity index (χ1n) is 9.18. The average molecular weight is 404 g/mol. The molecule has 0 aliphatic carbocycles. The van der Waals surface area contributed by atoms with Crippen LogP contribution in [0.3, 0.4) is 0 Å². The molecule has 150 valence electrons. The molecule has 8 heteroatoms. The Morgan fingerprint density at radius 2 is 1.75 bits per heavy atom. The molecule has 1 saturated heterocycles. The Kier molecular flexibility index (Phi) is 6.79. The lowest BCUT2D eigenvalue weighted by atomic mass is 10.1. The lowest BCUT2D eigenvalue weighted by molar-refractivity contribution is -0.114. The van der Waals surface area contributed by atoms with Crippen molar-refractivity contribution in [2.45, 2.75) is 24.9 Å². The van der Waals surface area contributed by atoms with Gasteiger partial charge in [0.05, 0.1) is 18.1 Å². The number of nitrogens with one attached hydrogen (secondary N) is 2. The minimum atomic E-state index is -3.63. The standard InChI is InChI=1S/C20H25N3O4S/c1-16(24)22-19-5-7-20(8-6-19)28(25,26)21-14-17-3-2-4-18(13-17)15-23-9-11-27-12-10-23/h2-8,13,21H,9-12,14-15H2,1H3,(H,22,24). The van der Waals surface area contributed by atoms with Crippen molar-refractivity contribution in [2.24, 2.45) is 0 Å². The molecular weight excluding hydrogens is 378 g/mol. The van der Waals surface area contributed by atoms with Gasteiger partial charge >= 0.3 is 0 Å². The Balaban J connectivity index is 1.60. The van der Waals surface area contributed by atoms with Crippen LogP contribution >= 0.6 is 0 Å². The molecule has 2 N–H and O–H groups in total. The van der Waals surface area contributed by atoms with E-state index >= 15 is 0 Å². The number of anilines is 1. The van der Waals surface area contributed by atoms with Crippen molar-refractivity contribution in [3.8, 4) is 0 Å². The van der Waals surface area contributed by atoms with Crippen LogP contribution in [0.25, 0.3) is 0 Å². The van der Waals surface area contributed by atoms with Gasteiger partial charge in [-0.15, -0.1) is 0 Å². The van der Waals surface area contributed by atoms with Crippen LogP contribution in [0.5, 0.6) is 0 Å². The highest BCUT2D eigenvalue weighted by Gasteiger charge is 2.14. The van der Waals surface area contributed by atoms with Gasteiger partial charge in [-0.1, -0.05) is 24.3 Å². The molecule has 1 heterocycles. The predicted molar refractivity (Wildman–Crippen MR) is 107 cm³/mol. The van der Waals surface area contributed by atoms with Crippen LogP contribution < -0.4 is 10.0 Å². The highest BCUT2D eigenvalue weighted by molar-refractivity contribution is 7.89. The fourth-order valence-corrected chi connectivity index (χ4v) is 4.06. The Labute approximate surface area is 165 Å². The summed E-state index contributed by atoms with van der Waals surface area (Å²) in [5.74, 6) is -0.203. The Hall–Kier alpha value is -2.26. The van der Waals surface area contributed by atoms with Crippen molar-refractivity contribution in [3.05, 3.63) is 59.7 Å². The molecular formula is C20H25N3O4S. The molecule has 28 heavy (non-hydrogen) atoms. The van der Waals surface area contributed by atoms with Crippen molar-refractivity contribution in [1.82, 2.24) is 9.62 Å². The molecule has 3 rings (SSSR count). The van der Waals surface area contributed by atoms with E-state index in [0.717, 1.165) is 44.0 Å². The van der Waals surface area contributed by atoms with Crippen LogP contribution in [0.4, 0.5) is 5.69 Å². The summed E-state index contributed by atoms with van der Waals surface area (Å²) in [6, 6.07) is 14.0. The molecule has 0 aromatic heterocycles. The van der Waals surface area contributed by atoms with Crippen LogP contribution in [0.15, 0.2) is 53.4 Å². The Bertz CT molecular complexity index is 907. The number of carbonyl (C=O) groups excluding carboxylic acids is 1. The van der Waals surface area contributed by atoms with Crippen molar-refractivity contribution in [2.75, 3.05) is 31.6 Å².